The molecule has 2 aromatic rings. The minimum atomic E-state index is -3.92. The van der Waals surface area contributed by atoms with Gasteiger partial charge < -0.3 is 9.47 Å². The van der Waals surface area contributed by atoms with E-state index in [0.29, 0.717) is 11.1 Å². The highest BCUT2D eigenvalue weighted by atomic mass is 35.5. The van der Waals surface area contributed by atoms with E-state index in [-0.39, 0.29) is 13.2 Å². The smallest absolute Gasteiger partial charge is 0.338 e. The van der Waals surface area contributed by atoms with Gasteiger partial charge in [-0.2, -0.15) is 8.42 Å². The maximum atomic E-state index is 12.1. The van der Waals surface area contributed by atoms with Gasteiger partial charge in [-0.05, 0) is 24.3 Å². The van der Waals surface area contributed by atoms with E-state index in [0.717, 1.165) is 0 Å². The SMILES string of the molecule is O=C(OCC1C(COC(=O)c2ccccc2)C1OS(=O)(=O)CCl)c1ccccc1. The van der Waals surface area contributed by atoms with Crippen LogP contribution in [0.3, 0.4) is 0 Å². The Bertz CT molecular complexity index is 886. The molecule has 0 N–H and O–H groups in total. The molecule has 0 aliphatic heterocycles. The van der Waals surface area contributed by atoms with E-state index < -0.39 is 45.2 Å². The molecule has 0 saturated heterocycles. The number of carbonyl (C=O) groups excluding carboxylic acids is 2. The van der Waals surface area contributed by atoms with Crippen molar-refractivity contribution in [1.29, 1.82) is 0 Å². The molecule has 2 unspecified atom stereocenters. The quantitative estimate of drug-likeness (QED) is 0.337. The summed E-state index contributed by atoms with van der Waals surface area (Å²) >= 11 is 5.39. The van der Waals surface area contributed by atoms with Gasteiger partial charge in [0, 0.05) is 11.8 Å². The zero-order valence-corrected chi connectivity index (χ0v) is 16.8. The van der Waals surface area contributed by atoms with E-state index in [2.05, 4.69) is 0 Å². The Morgan fingerprint density at radius 1 is 0.793 bits per heavy atom. The van der Waals surface area contributed by atoms with Crippen molar-refractivity contribution >= 4 is 33.7 Å². The van der Waals surface area contributed by atoms with Crippen LogP contribution in [-0.2, 0) is 23.8 Å². The zero-order chi connectivity index (χ0) is 20.9. The van der Waals surface area contributed by atoms with Crippen LogP contribution in [0, 0.1) is 11.8 Å². The Morgan fingerprint density at radius 3 is 1.59 bits per heavy atom. The first-order valence-electron chi connectivity index (χ1n) is 8.82. The lowest BCUT2D eigenvalue weighted by atomic mass is 10.2. The highest BCUT2D eigenvalue weighted by Crippen LogP contribution is 2.43. The van der Waals surface area contributed by atoms with Crippen molar-refractivity contribution in [3.63, 3.8) is 0 Å². The van der Waals surface area contributed by atoms with Gasteiger partial charge >= 0.3 is 11.9 Å². The maximum Gasteiger partial charge on any atom is 0.338 e. The second-order valence-corrected chi connectivity index (χ2v) is 8.66. The van der Waals surface area contributed by atoms with Crippen LogP contribution in [0.1, 0.15) is 20.7 Å². The summed E-state index contributed by atoms with van der Waals surface area (Å²) in [5, 5.41) is -0.698. The third-order valence-electron chi connectivity index (χ3n) is 4.48. The first-order valence-corrected chi connectivity index (χ1v) is 10.9. The third kappa shape index (κ3) is 5.79. The molecule has 1 saturated carbocycles. The largest absolute Gasteiger partial charge is 0.462 e. The molecule has 1 fully saturated rings. The number of hydrogen-bond donors (Lipinski definition) is 0. The van der Waals surface area contributed by atoms with E-state index in [1.54, 1.807) is 60.7 Å². The predicted molar refractivity (Wildman–Crippen MR) is 105 cm³/mol. The standard InChI is InChI=1S/C20H19ClO7S/c21-13-29(24,25)28-18-16(11-26-19(22)14-7-3-1-4-8-14)17(18)12-27-20(23)15-9-5-2-6-10-15/h1-10,16-18H,11-13H2. The molecule has 7 nitrogen and oxygen atoms in total. The Kier molecular flexibility index (Phi) is 6.89. The molecule has 2 aromatic carbocycles. The monoisotopic (exact) mass is 438 g/mol. The minimum absolute atomic E-state index is 0.0657. The molecule has 29 heavy (non-hydrogen) atoms. The first kappa shape index (κ1) is 21.3. The lowest BCUT2D eigenvalue weighted by Gasteiger charge is -2.05. The molecule has 0 amide bonds. The van der Waals surface area contributed by atoms with Gasteiger partial charge in [-0.15, -0.1) is 11.6 Å². The minimum Gasteiger partial charge on any atom is -0.462 e. The number of rotatable bonds is 9. The Morgan fingerprint density at radius 2 is 1.21 bits per heavy atom. The number of hydrogen-bond acceptors (Lipinski definition) is 7. The number of halogens is 1. The molecule has 0 bridgehead atoms. The molecule has 0 aromatic heterocycles. The van der Waals surface area contributed by atoms with Crippen LogP contribution in [0.15, 0.2) is 60.7 Å². The van der Waals surface area contributed by atoms with Gasteiger partial charge in [0.15, 0.2) is 0 Å². The van der Waals surface area contributed by atoms with Crippen LogP contribution < -0.4 is 0 Å². The molecule has 9 heteroatoms. The summed E-state index contributed by atoms with van der Waals surface area (Å²) in [5.41, 5.74) is 0.761. The molecule has 154 valence electrons. The van der Waals surface area contributed by atoms with Crippen LogP contribution in [0.4, 0.5) is 0 Å². The van der Waals surface area contributed by atoms with Gasteiger partial charge in [0.1, 0.15) is 5.21 Å². The van der Waals surface area contributed by atoms with E-state index >= 15 is 0 Å². The highest BCUT2D eigenvalue weighted by Gasteiger charge is 2.55. The zero-order valence-electron chi connectivity index (χ0n) is 15.3. The van der Waals surface area contributed by atoms with E-state index in [4.69, 9.17) is 25.3 Å². The van der Waals surface area contributed by atoms with E-state index in [1.807, 2.05) is 0 Å². The van der Waals surface area contributed by atoms with Gasteiger partial charge in [0.2, 0.25) is 0 Å². The number of benzene rings is 2. The van der Waals surface area contributed by atoms with Crippen molar-refractivity contribution in [2.75, 3.05) is 18.4 Å². The van der Waals surface area contributed by atoms with Gasteiger partial charge in [0.25, 0.3) is 10.1 Å². The molecule has 3 rings (SSSR count). The topological polar surface area (TPSA) is 96.0 Å². The second-order valence-electron chi connectivity index (χ2n) is 6.48. The van der Waals surface area contributed by atoms with Gasteiger partial charge in [-0.1, -0.05) is 36.4 Å². The Hall–Kier alpha value is -2.42. The average molecular weight is 439 g/mol. The van der Waals surface area contributed by atoms with Crippen LogP contribution in [0.5, 0.6) is 0 Å². The summed E-state index contributed by atoms with van der Waals surface area (Å²) in [6.45, 7) is -0.131. The fourth-order valence-corrected chi connectivity index (χ4v) is 3.67. The summed E-state index contributed by atoms with van der Waals surface area (Å²) in [4.78, 5) is 24.2. The van der Waals surface area contributed by atoms with E-state index in [9.17, 15) is 18.0 Å². The lowest BCUT2D eigenvalue weighted by Crippen LogP contribution is -2.13. The normalized spacial score (nSPS) is 20.7. The van der Waals surface area contributed by atoms with Crippen molar-refractivity contribution in [2.24, 2.45) is 11.8 Å². The Balaban J connectivity index is 1.58. The predicted octanol–water partition coefficient (Wildman–Crippen LogP) is 2.86. The van der Waals surface area contributed by atoms with Crippen molar-refractivity contribution in [3.8, 4) is 0 Å². The number of carbonyl (C=O) groups is 2. The summed E-state index contributed by atoms with van der Waals surface area (Å²) in [7, 11) is -3.92. The molecule has 0 radical (unpaired) electrons. The molecule has 1 aliphatic rings. The Labute approximate surface area is 173 Å². The van der Waals surface area contributed by atoms with Gasteiger partial charge in [-0.25, -0.2) is 9.59 Å². The fraction of sp³-hybridized carbons (Fsp3) is 0.300. The molecule has 2 atom stereocenters. The molecular weight excluding hydrogens is 420 g/mol. The van der Waals surface area contributed by atoms with Crippen molar-refractivity contribution in [1.82, 2.24) is 0 Å². The second kappa shape index (κ2) is 9.39. The summed E-state index contributed by atoms with van der Waals surface area (Å²) in [6.07, 6.45) is -0.772. The van der Waals surface area contributed by atoms with Crippen LogP contribution >= 0.6 is 11.6 Å². The summed E-state index contributed by atoms with van der Waals surface area (Å²) in [6, 6.07) is 16.8. The number of esters is 2. The summed E-state index contributed by atoms with van der Waals surface area (Å²) in [5.74, 6) is -1.92. The van der Waals surface area contributed by atoms with Crippen molar-refractivity contribution < 1.29 is 31.7 Å². The van der Waals surface area contributed by atoms with Crippen molar-refractivity contribution in [2.45, 2.75) is 6.10 Å². The summed E-state index contributed by atoms with van der Waals surface area (Å²) < 4.78 is 39.0. The number of ether oxygens (including phenoxy) is 2. The number of alkyl halides is 1. The van der Waals surface area contributed by atoms with Crippen LogP contribution in [0.25, 0.3) is 0 Å². The third-order valence-corrected chi connectivity index (χ3v) is 6.06. The highest BCUT2D eigenvalue weighted by molar-refractivity contribution is 7.87. The van der Waals surface area contributed by atoms with Gasteiger partial charge in [0.05, 0.1) is 30.4 Å². The van der Waals surface area contributed by atoms with Gasteiger partial charge in [-0.3, -0.25) is 4.18 Å². The molecule has 1 aliphatic carbocycles. The van der Waals surface area contributed by atoms with E-state index in [1.165, 1.54) is 0 Å². The lowest BCUT2D eigenvalue weighted by molar-refractivity contribution is 0.0419. The maximum absolute atomic E-state index is 12.1. The van der Waals surface area contributed by atoms with Crippen LogP contribution in [0.2, 0.25) is 0 Å². The average Bonchev–Trinajstić information content (AvgIpc) is 3.41. The molecular formula is C20H19ClO7S. The molecule has 0 spiro atoms. The van der Waals surface area contributed by atoms with Crippen LogP contribution in [-0.4, -0.2) is 44.9 Å². The molecule has 0 heterocycles. The fourth-order valence-electron chi connectivity index (χ4n) is 2.84. The van der Waals surface area contributed by atoms with Crippen molar-refractivity contribution in [3.05, 3.63) is 71.8 Å². The first-order chi connectivity index (χ1) is 13.9.